The van der Waals surface area contributed by atoms with Crippen LogP contribution in [0.4, 0.5) is 0 Å². The molecule has 0 amide bonds. The van der Waals surface area contributed by atoms with Gasteiger partial charge >= 0.3 is 0 Å². The minimum absolute atomic E-state index is 0.0251. The van der Waals surface area contributed by atoms with E-state index in [0.717, 1.165) is 18.4 Å². The second-order valence-corrected chi connectivity index (χ2v) is 9.94. The zero-order valence-corrected chi connectivity index (χ0v) is 20.3. The van der Waals surface area contributed by atoms with Crippen molar-refractivity contribution < 1.29 is 9.53 Å². The van der Waals surface area contributed by atoms with Crippen molar-refractivity contribution in [3.8, 4) is 28.7 Å². The molecule has 3 aromatic rings. The van der Waals surface area contributed by atoms with Crippen molar-refractivity contribution in [3.05, 3.63) is 71.0 Å². The average molecular weight is 475 g/mol. The van der Waals surface area contributed by atoms with E-state index in [1.165, 1.54) is 0 Å². The van der Waals surface area contributed by atoms with Crippen LogP contribution in [0.25, 0.3) is 11.1 Å². The Morgan fingerprint density at radius 2 is 2.06 bits per heavy atom. The Bertz CT molecular complexity index is 1240. The number of nitrogens with one attached hydrogen (secondary N) is 1. The van der Waals surface area contributed by atoms with Gasteiger partial charge in [0.25, 0.3) is 0 Å². The highest BCUT2D eigenvalue weighted by atomic mass is 35.5. The summed E-state index contributed by atoms with van der Waals surface area (Å²) in [6.07, 6.45) is 5.59. The molecule has 1 aromatic heterocycles. The lowest BCUT2D eigenvalue weighted by Crippen LogP contribution is -2.51. The molecule has 0 bridgehead atoms. The fourth-order valence-electron chi connectivity index (χ4n) is 4.92. The first-order valence-corrected chi connectivity index (χ1v) is 11.7. The molecule has 2 aromatic carbocycles. The van der Waals surface area contributed by atoms with E-state index in [-0.39, 0.29) is 11.3 Å². The van der Waals surface area contributed by atoms with Crippen LogP contribution in [0, 0.1) is 17.2 Å². The van der Waals surface area contributed by atoms with Crippen molar-refractivity contribution in [2.75, 3.05) is 0 Å². The second-order valence-electron chi connectivity index (χ2n) is 9.53. The first-order valence-electron chi connectivity index (χ1n) is 11.3. The second kappa shape index (κ2) is 9.92. The van der Waals surface area contributed by atoms with E-state index in [1.54, 1.807) is 48.8 Å². The number of carbonyl (C=O) groups excluding carboxylic acids is 1. The highest BCUT2D eigenvalue weighted by Gasteiger charge is 2.32. The SMILES string of the molecule is CC1CC(CC(=O)c2ccc(Oc3cccc(-c4ccnnc4)c3C#N)c(Cl)c2)CC(C)(C)N1. The summed E-state index contributed by atoms with van der Waals surface area (Å²) in [6.45, 7) is 6.52. The van der Waals surface area contributed by atoms with Crippen molar-refractivity contribution in [2.45, 2.75) is 51.6 Å². The molecular weight excluding hydrogens is 448 g/mol. The molecule has 0 radical (unpaired) electrons. The topological polar surface area (TPSA) is 87.9 Å². The van der Waals surface area contributed by atoms with Crippen LogP contribution in [0.2, 0.25) is 5.02 Å². The van der Waals surface area contributed by atoms with E-state index in [2.05, 4.69) is 42.4 Å². The highest BCUT2D eigenvalue weighted by molar-refractivity contribution is 6.32. The van der Waals surface area contributed by atoms with E-state index in [9.17, 15) is 10.1 Å². The minimum Gasteiger partial charge on any atom is -0.454 e. The molecule has 2 atom stereocenters. The summed E-state index contributed by atoms with van der Waals surface area (Å²) < 4.78 is 6.01. The molecule has 7 heteroatoms. The van der Waals surface area contributed by atoms with Crippen LogP contribution in [-0.4, -0.2) is 27.6 Å². The summed E-state index contributed by atoms with van der Waals surface area (Å²) in [4.78, 5) is 13.0. The molecule has 0 aliphatic carbocycles. The van der Waals surface area contributed by atoms with Crippen LogP contribution in [0.15, 0.2) is 54.9 Å². The van der Waals surface area contributed by atoms with Crippen LogP contribution in [0.1, 0.15) is 56.0 Å². The molecule has 1 fully saturated rings. The third-order valence-corrected chi connectivity index (χ3v) is 6.40. The van der Waals surface area contributed by atoms with Crippen molar-refractivity contribution >= 4 is 17.4 Å². The summed E-state index contributed by atoms with van der Waals surface area (Å²) in [6, 6.07) is 14.8. The Hall–Kier alpha value is -3.27. The largest absolute Gasteiger partial charge is 0.454 e. The number of hydrogen-bond donors (Lipinski definition) is 1. The monoisotopic (exact) mass is 474 g/mol. The number of aromatic nitrogens is 2. The number of benzene rings is 2. The molecule has 34 heavy (non-hydrogen) atoms. The van der Waals surface area contributed by atoms with Gasteiger partial charge in [-0.1, -0.05) is 23.7 Å². The van der Waals surface area contributed by atoms with Gasteiger partial charge in [-0.2, -0.15) is 15.5 Å². The number of hydrogen-bond acceptors (Lipinski definition) is 6. The summed E-state index contributed by atoms with van der Waals surface area (Å²) in [5, 5.41) is 21.4. The normalized spacial score (nSPS) is 19.3. The van der Waals surface area contributed by atoms with Crippen LogP contribution in [-0.2, 0) is 0 Å². The minimum atomic E-state index is 0.0251. The third-order valence-electron chi connectivity index (χ3n) is 6.10. The lowest BCUT2D eigenvalue weighted by Gasteiger charge is -2.40. The van der Waals surface area contributed by atoms with Crippen LogP contribution >= 0.6 is 11.6 Å². The van der Waals surface area contributed by atoms with Crippen LogP contribution in [0.3, 0.4) is 0 Å². The van der Waals surface area contributed by atoms with E-state index in [1.807, 2.05) is 6.07 Å². The van der Waals surface area contributed by atoms with E-state index in [0.29, 0.717) is 51.6 Å². The molecule has 2 heterocycles. The fraction of sp³-hybridized carbons (Fsp3) is 0.333. The Balaban J connectivity index is 1.52. The first-order chi connectivity index (χ1) is 16.3. The maximum Gasteiger partial charge on any atom is 0.163 e. The van der Waals surface area contributed by atoms with Gasteiger partial charge in [-0.05, 0) is 69.9 Å². The number of piperidine rings is 1. The maximum absolute atomic E-state index is 13.0. The Morgan fingerprint density at radius 3 is 2.74 bits per heavy atom. The summed E-state index contributed by atoms with van der Waals surface area (Å²) >= 11 is 6.50. The summed E-state index contributed by atoms with van der Waals surface area (Å²) in [7, 11) is 0. The van der Waals surface area contributed by atoms with E-state index >= 15 is 0 Å². The number of nitriles is 1. The number of carbonyl (C=O) groups is 1. The van der Waals surface area contributed by atoms with E-state index < -0.39 is 0 Å². The average Bonchev–Trinajstić information content (AvgIpc) is 2.79. The Labute approximate surface area is 204 Å². The molecular formula is C27H27ClN4O2. The zero-order valence-electron chi connectivity index (χ0n) is 19.5. The molecule has 0 spiro atoms. The molecule has 1 aliphatic heterocycles. The highest BCUT2D eigenvalue weighted by Crippen LogP contribution is 2.36. The molecule has 1 aliphatic rings. The fourth-order valence-corrected chi connectivity index (χ4v) is 5.14. The summed E-state index contributed by atoms with van der Waals surface area (Å²) in [5.74, 6) is 1.17. The van der Waals surface area contributed by atoms with E-state index in [4.69, 9.17) is 16.3 Å². The van der Waals surface area contributed by atoms with Crippen LogP contribution in [0.5, 0.6) is 11.5 Å². The van der Waals surface area contributed by atoms with Gasteiger partial charge in [0.2, 0.25) is 0 Å². The number of Topliss-reactive ketones (excluding diaryl/α,β-unsaturated/α-hetero) is 1. The lowest BCUT2D eigenvalue weighted by molar-refractivity contribution is 0.0920. The quantitative estimate of drug-likeness (QED) is 0.428. The number of ketones is 1. The molecule has 6 nitrogen and oxygen atoms in total. The van der Waals surface area contributed by atoms with Gasteiger partial charge in [0.1, 0.15) is 23.1 Å². The predicted octanol–water partition coefficient (Wildman–Crippen LogP) is 6.20. The van der Waals surface area contributed by atoms with Gasteiger partial charge in [-0.15, -0.1) is 0 Å². The molecule has 1 N–H and O–H groups in total. The molecule has 0 saturated carbocycles. The molecule has 1 saturated heterocycles. The van der Waals surface area contributed by atoms with Crippen LogP contribution < -0.4 is 10.1 Å². The van der Waals surface area contributed by atoms with Crippen molar-refractivity contribution in [1.82, 2.24) is 15.5 Å². The Morgan fingerprint density at radius 1 is 1.24 bits per heavy atom. The number of nitrogens with zero attached hydrogens (tertiary/aromatic N) is 3. The lowest BCUT2D eigenvalue weighted by atomic mass is 9.78. The smallest absolute Gasteiger partial charge is 0.163 e. The zero-order chi connectivity index (χ0) is 24.3. The number of halogens is 1. The van der Waals surface area contributed by atoms with Gasteiger partial charge in [0.15, 0.2) is 5.78 Å². The standard InChI is InChI=1S/C27H27ClN4O2/c1-17-11-18(14-27(2,3)32-17)12-24(33)19-7-8-26(23(28)13-19)34-25-6-4-5-21(22(25)15-29)20-9-10-30-31-16-20/h4-10,13,16-18,32H,11-12,14H2,1-3H3. The van der Waals surface area contributed by atoms with Crippen molar-refractivity contribution in [3.63, 3.8) is 0 Å². The third kappa shape index (κ3) is 5.44. The number of rotatable bonds is 6. The predicted molar refractivity (Wildman–Crippen MR) is 132 cm³/mol. The van der Waals surface area contributed by atoms with Gasteiger partial charge in [0.05, 0.1) is 17.4 Å². The molecule has 4 rings (SSSR count). The number of ether oxygens (including phenoxy) is 1. The molecule has 174 valence electrons. The first kappa shape index (κ1) is 23.9. The van der Waals surface area contributed by atoms with Gasteiger partial charge < -0.3 is 10.1 Å². The summed E-state index contributed by atoms with van der Waals surface area (Å²) in [5.41, 5.74) is 2.42. The van der Waals surface area contributed by atoms with Crippen molar-refractivity contribution in [2.24, 2.45) is 5.92 Å². The Kier molecular flexibility index (Phi) is 6.97. The van der Waals surface area contributed by atoms with Crippen molar-refractivity contribution in [1.29, 1.82) is 5.26 Å². The van der Waals surface area contributed by atoms with Gasteiger partial charge in [-0.25, -0.2) is 0 Å². The van der Waals surface area contributed by atoms with Gasteiger partial charge in [-0.3, -0.25) is 4.79 Å². The maximum atomic E-state index is 13.0. The molecule has 2 unspecified atom stereocenters. The van der Waals surface area contributed by atoms with Gasteiger partial charge in [0, 0.05) is 34.7 Å².